The molecule has 0 aliphatic rings. The zero-order chi connectivity index (χ0) is 22.2. The van der Waals surface area contributed by atoms with Crippen molar-refractivity contribution >= 4 is 41.8 Å². The molecule has 0 saturated heterocycles. The van der Waals surface area contributed by atoms with E-state index in [1.807, 2.05) is 0 Å². The lowest BCUT2D eigenvalue weighted by molar-refractivity contribution is 0.273. The Bertz CT molecular complexity index is 1200. The lowest BCUT2D eigenvalue weighted by atomic mass is 10.1. The Morgan fingerprint density at radius 3 is 2.55 bits per heavy atom. The molecule has 9 heteroatoms. The van der Waals surface area contributed by atoms with Gasteiger partial charge in [0.05, 0.1) is 6.61 Å². The number of nitrogens with zero attached hydrogens (tertiary/aromatic N) is 6. The summed E-state index contributed by atoms with van der Waals surface area (Å²) >= 11 is 2.39. The molecule has 3 heterocycles. The van der Waals surface area contributed by atoms with Gasteiger partial charge < -0.3 is 8.99 Å². The number of hydrogen-bond donors (Lipinski definition) is 0. The second-order valence-electron chi connectivity index (χ2n) is 9.07. The molecule has 0 bridgehead atoms. The van der Waals surface area contributed by atoms with Gasteiger partial charge in [0.1, 0.15) is 6.33 Å². The highest BCUT2D eigenvalue weighted by Gasteiger charge is 2.36. The predicted molar refractivity (Wildman–Crippen MR) is 134 cm³/mol. The Hall–Kier alpha value is -2.11. The topological polar surface area (TPSA) is 70.7 Å². The largest absolute Gasteiger partial charge is 0.415 e. The average molecular weight is 546 g/mol. The third-order valence-electron chi connectivity index (χ3n) is 5.94. The first-order chi connectivity index (χ1) is 14.7. The van der Waals surface area contributed by atoms with Crippen LogP contribution in [0.3, 0.4) is 0 Å². The van der Waals surface area contributed by atoms with Crippen molar-refractivity contribution in [3.63, 3.8) is 0 Å². The van der Waals surface area contributed by atoms with E-state index in [0.29, 0.717) is 11.8 Å². The quantitative estimate of drug-likeness (QED) is 0.242. The molecule has 7 nitrogen and oxygen atoms in total. The van der Waals surface area contributed by atoms with Gasteiger partial charge in [0.2, 0.25) is 0 Å². The molecule has 162 valence electrons. The molecule has 31 heavy (non-hydrogen) atoms. The molecule has 0 fully saturated rings. The fraction of sp³-hybridized carbons (Fsp3) is 0.364. The lowest BCUT2D eigenvalue weighted by Crippen LogP contribution is -2.41. The number of halogens is 1. The highest BCUT2D eigenvalue weighted by atomic mass is 127. The van der Waals surface area contributed by atoms with Gasteiger partial charge in [-0.15, -0.1) is 5.10 Å². The normalized spacial score (nSPS) is 12.6. The zero-order valence-electron chi connectivity index (χ0n) is 18.5. The molecule has 0 spiro atoms. The Labute approximate surface area is 197 Å². The molecule has 0 aliphatic heterocycles. The maximum atomic E-state index is 6.37. The standard InChI is InChI=1S/C22H27IN6OSi/c1-22(2,3)31(4,5)30-12-11-28-14-18(23)17-13-16(7-8-19(17)28)20-26-15-29(27-20)21-24-9-6-10-25-21/h6-10,13-15H,11-12H2,1-5H3. The van der Waals surface area contributed by atoms with Gasteiger partial charge in [-0.05, 0) is 65.0 Å². The van der Waals surface area contributed by atoms with Crippen LogP contribution >= 0.6 is 22.6 Å². The molecule has 0 unspecified atom stereocenters. The first-order valence-corrected chi connectivity index (χ1v) is 14.3. The maximum Gasteiger partial charge on any atom is 0.251 e. The van der Waals surface area contributed by atoms with E-state index >= 15 is 0 Å². The second kappa shape index (κ2) is 8.44. The average Bonchev–Trinajstić information content (AvgIpc) is 3.33. The minimum absolute atomic E-state index is 0.219. The molecular formula is C22H27IN6OSi. The van der Waals surface area contributed by atoms with Gasteiger partial charge in [0, 0.05) is 45.2 Å². The van der Waals surface area contributed by atoms with E-state index in [1.165, 1.54) is 14.5 Å². The monoisotopic (exact) mass is 546 g/mol. The van der Waals surface area contributed by atoms with Crippen LogP contribution in [0.2, 0.25) is 18.1 Å². The van der Waals surface area contributed by atoms with Crippen molar-refractivity contribution < 1.29 is 4.43 Å². The molecule has 3 aromatic heterocycles. The van der Waals surface area contributed by atoms with Crippen LogP contribution in [0.25, 0.3) is 28.2 Å². The summed E-state index contributed by atoms with van der Waals surface area (Å²) in [6, 6.07) is 8.13. The van der Waals surface area contributed by atoms with Gasteiger partial charge in [-0.3, -0.25) is 0 Å². The molecule has 0 radical (unpaired) electrons. The summed E-state index contributed by atoms with van der Waals surface area (Å²) in [4.78, 5) is 12.9. The molecule has 0 atom stereocenters. The fourth-order valence-corrected chi connectivity index (χ4v) is 4.90. The molecule has 4 rings (SSSR count). The summed E-state index contributed by atoms with van der Waals surface area (Å²) in [7, 11) is -1.74. The van der Waals surface area contributed by atoms with Crippen molar-refractivity contribution in [3.05, 3.63) is 52.8 Å². The van der Waals surface area contributed by atoms with Crippen LogP contribution in [0, 0.1) is 3.57 Å². The van der Waals surface area contributed by atoms with Gasteiger partial charge in [0.25, 0.3) is 5.95 Å². The highest BCUT2D eigenvalue weighted by Crippen LogP contribution is 2.36. The smallest absolute Gasteiger partial charge is 0.251 e. The van der Waals surface area contributed by atoms with Crippen LogP contribution in [-0.2, 0) is 11.0 Å². The molecule has 4 aromatic rings. The van der Waals surface area contributed by atoms with Gasteiger partial charge in [-0.2, -0.15) is 4.68 Å². The first kappa shape index (κ1) is 22.1. The van der Waals surface area contributed by atoms with Crippen LogP contribution < -0.4 is 0 Å². The van der Waals surface area contributed by atoms with Gasteiger partial charge in [-0.1, -0.05) is 20.8 Å². The number of aromatic nitrogens is 6. The van der Waals surface area contributed by atoms with Gasteiger partial charge in [0.15, 0.2) is 14.1 Å². The van der Waals surface area contributed by atoms with Crippen LogP contribution in [0.5, 0.6) is 0 Å². The van der Waals surface area contributed by atoms with Crippen LogP contribution in [0.1, 0.15) is 20.8 Å². The van der Waals surface area contributed by atoms with E-state index < -0.39 is 8.32 Å². The van der Waals surface area contributed by atoms with Crippen molar-refractivity contribution in [1.29, 1.82) is 0 Å². The summed E-state index contributed by atoms with van der Waals surface area (Å²) in [6.07, 6.45) is 7.21. The SMILES string of the molecule is CC(C)(C)[Si](C)(C)OCCn1cc(I)c2cc(-c3ncn(-c4ncccn4)n3)ccc21. The van der Waals surface area contributed by atoms with E-state index in [4.69, 9.17) is 4.43 Å². The number of fused-ring (bicyclic) bond motifs is 1. The predicted octanol–water partition coefficient (Wildman–Crippen LogP) is 5.31. The molecule has 0 N–H and O–H groups in total. The minimum Gasteiger partial charge on any atom is -0.415 e. The minimum atomic E-state index is -1.74. The van der Waals surface area contributed by atoms with Gasteiger partial charge >= 0.3 is 0 Å². The van der Waals surface area contributed by atoms with E-state index in [1.54, 1.807) is 29.5 Å². The molecular weight excluding hydrogens is 519 g/mol. The Kier molecular flexibility index (Phi) is 6.01. The van der Waals surface area contributed by atoms with E-state index in [0.717, 1.165) is 18.7 Å². The van der Waals surface area contributed by atoms with Gasteiger partial charge in [-0.25, -0.2) is 15.0 Å². The number of rotatable bonds is 6. The number of benzene rings is 1. The van der Waals surface area contributed by atoms with Crippen molar-refractivity contribution in [1.82, 2.24) is 29.3 Å². The summed E-state index contributed by atoms with van der Waals surface area (Å²) in [6.45, 7) is 13.0. The van der Waals surface area contributed by atoms with Crippen LogP contribution in [-0.4, -0.2) is 44.2 Å². The first-order valence-electron chi connectivity index (χ1n) is 10.3. The van der Waals surface area contributed by atoms with E-state index in [2.05, 4.69) is 105 Å². The third-order valence-corrected chi connectivity index (χ3v) is 11.3. The molecule has 0 saturated carbocycles. The molecule has 0 aliphatic carbocycles. The summed E-state index contributed by atoms with van der Waals surface area (Å²) in [5, 5.41) is 5.96. The van der Waals surface area contributed by atoms with Crippen molar-refractivity contribution in [2.24, 2.45) is 0 Å². The van der Waals surface area contributed by atoms with Crippen molar-refractivity contribution in [3.8, 4) is 17.3 Å². The Morgan fingerprint density at radius 1 is 1.10 bits per heavy atom. The molecule has 0 amide bonds. The maximum absolute atomic E-state index is 6.37. The summed E-state index contributed by atoms with van der Waals surface area (Å²) in [5.41, 5.74) is 2.16. The third kappa shape index (κ3) is 4.58. The second-order valence-corrected chi connectivity index (χ2v) is 15.0. The van der Waals surface area contributed by atoms with Crippen molar-refractivity contribution in [2.45, 2.75) is 45.4 Å². The molecule has 1 aromatic carbocycles. The zero-order valence-corrected chi connectivity index (χ0v) is 21.7. The Morgan fingerprint density at radius 2 is 1.84 bits per heavy atom. The van der Waals surface area contributed by atoms with E-state index in [9.17, 15) is 0 Å². The van der Waals surface area contributed by atoms with Crippen LogP contribution in [0.15, 0.2) is 49.2 Å². The Balaban J connectivity index is 1.55. The van der Waals surface area contributed by atoms with E-state index in [-0.39, 0.29) is 5.04 Å². The highest BCUT2D eigenvalue weighted by molar-refractivity contribution is 14.1. The summed E-state index contributed by atoms with van der Waals surface area (Å²) < 4.78 is 11.4. The number of hydrogen-bond acceptors (Lipinski definition) is 5. The fourth-order valence-electron chi connectivity index (χ4n) is 3.09. The van der Waals surface area contributed by atoms with Crippen molar-refractivity contribution in [2.75, 3.05) is 6.61 Å². The summed E-state index contributed by atoms with van der Waals surface area (Å²) in [5.74, 6) is 1.16. The van der Waals surface area contributed by atoms with Crippen LogP contribution in [0.4, 0.5) is 0 Å². The lowest BCUT2D eigenvalue weighted by Gasteiger charge is -2.36.